The van der Waals surface area contributed by atoms with E-state index >= 15 is 0 Å². The highest BCUT2D eigenvalue weighted by atomic mass is 19.1. The number of nitrogens with zero attached hydrogens (tertiary/aromatic N) is 3. The standard InChI is InChI=1S/C17H13FN4O/c18-5-8-22-15-9-12(11-3-6-19-7-4-11)1-2-13(15)16-14(17(22)23)10-20-21-16/h1-4,6-7,9-10H,5,8H2,(H,20,21). The molecule has 4 aromatic rings. The largest absolute Gasteiger partial charge is 0.305 e. The molecule has 0 aliphatic heterocycles. The molecule has 3 aromatic heterocycles. The van der Waals surface area contributed by atoms with Crippen molar-refractivity contribution in [1.82, 2.24) is 19.7 Å². The van der Waals surface area contributed by atoms with Crippen LogP contribution in [-0.4, -0.2) is 26.4 Å². The van der Waals surface area contributed by atoms with Crippen LogP contribution in [0.25, 0.3) is 32.9 Å². The van der Waals surface area contributed by atoms with Crippen molar-refractivity contribution in [3.8, 4) is 11.1 Å². The van der Waals surface area contributed by atoms with Crippen molar-refractivity contribution in [3.05, 3.63) is 59.3 Å². The molecular weight excluding hydrogens is 295 g/mol. The predicted octanol–water partition coefficient (Wildman–Crippen LogP) is 2.91. The first-order valence-corrected chi connectivity index (χ1v) is 7.25. The second kappa shape index (κ2) is 5.31. The summed E-state index contributed by atoms with van der Waals surface area (Å²) in [5.41, 5.74) is 3.09. The molecule has 0 spiro atoms. The third-order valence-electron chi connectivity index (χ3n) is 3.99. The highest BCUT2D eigenvalue weighted by Crippen LogP contribution is 2.27. The van der Waals surface area contributed by atoms with Gasteiger partial charge in [-0.05, 0) is 29.3 Å². The van der Waals surface area contributed by atoms with Crippen LogP contribution in [0.2, 0.25) is 0 Å². The highest BCUT2D eigenvalue weighted by molar-refractivity contribution is 6.04. The number of aromatic amines is 1. The van der Waals surface area contributed by atoms with E-state index in [9.17, 15) is 9.18 Å². The van der Waals surface area contributed by atoms with Crippen molar-refractivity contribution in [3.63, 3.8) is 0 Å². The second-order valence-corrected chi connectivity index (χ2v) is 5.27. The fraction of sp³-hybridized carbons (Fsp3) is 0.118. The zero-order valence-electron chi connectivity index (χ0n) is 12.2. The summed E-state index contributed by atoms with van der Waals surface area (Å²) >= 11 is 0. The van der Waals surface area contributed by atoms with Crippen LogP contribution in [0, 0.1) is 0 Å². The predicted molar refractivity (Wildman–Crippen MR) is 87.1 cm³/mol. The summed E-state index contributed by atoms with van der Waals surface area (Å²) in [5, 5.41) is 8.14. The number of hydrogen-bond acceptors (Lipinski definition) is 3. The Balaban J connectivity index is 2.08. The molecule has 114 valence electrons. The minimum atomic E-state index is -0.599. The number of fused-ring (bicyclic) bond motifs is 3. The van der Waals surface area contributed by atoms with Gasteiger partial charge >= 0.3 is 0 Å². The van der Waals surface area contributed by atoms with Crippen LogP contribution in [0.5, 0.6) is 0 Å². The first-order valence-electron chi connectivity index (χ1n) is 7.25. The molecule has 23 heavy (non-hydrogen) atoms. The molecule has 0 saturated heterocycles. The van der Waals surface area contributed by atoms with Crippen LogP contribution >= 0.6 is 0 Å². The number of rotatable bonds is 3. The molecule has 1 N–H and O–H groups in total. The van der Waals surface area contributed by atoms with Crippen LogP contribution in [0.15, 0.2) is 53.7 Å². The molecular formula is C17H13FN4O. The minimum absolute atomic E-state index is 0.0241. The maximum Gasteiger partial charge on any atom is 0.262 e. The zero-order valence-corrected chi connectivity index (χ0v) is 12.2. The fourth-order valence-corrected chi connectivity index (χ4v) is 2.91. The summed E-state index contributed by atoms with van der Waals surface area (Å²) in [5.74, 6) is 0. The van der Waals surface area contributed by atoms with Gasteiger partial charge < -0.3 is 4.57 Å². The lowest BCUT2D eigenvalue weighted by molar-refractivity contribution is 0.447. The van der Waals surface area contributed by atoms with Gasteiger partial charge in [-0.1, -0.05) is 12.1 Å². The topological polar surface area (TPSA) is 63.6 Å². The summed E-state index contributed by atoms with van der Waals surface area (Å²) in [6.45, 7) is -0.575. The van der Waals surface area contributed by atoms with E-state index in [0.29, 0.717) is 16.4 Å². The van der Waals surface area contributed by atoms with Gasteiger partial charge in [0.2, 0.25) is 0 Å². The summed E-state index contributed by atoms with van der Waals surface area (Å²) < 4.78 is 14.4. The Hall–Kier alpha value is -3.02. The molecule has 0 radical (unpaired) electrons. The van der Waals surface area contributed by atoms with E-state index in [2.05, 4.69) is 15.2 Å². The Bertz CT molecular complexity index is 1050. The van der Waals surface area contributed by atoms with Crippen LogP contribution in [0.1, 0.15) is 0 Å². The van der Waals surface area contributed by atoms with Gasteiger partial charge in [-0.3, -0.25) is 14.9 Å². The van der Waals surface area contributed by atoms with E-state index in [-0.39, 0.29) is 12.1 Å². The average Bonchev–Trinajstić information content (AvgIpc) is 3.09. The first-order chi connectivity index (χ1) is 11.3. The average molecular weight is 308 g/mol. The van der Waals surface area contributed by atoms with E-state index in [1.807, 2.05) is 30.3 Å². The van der Waals surface area contributed by atoms with Crippen LogP contribution in [-0.2, 0) is 6.54 Å². The molecule has 1 aromatic carbocycles. The quantitative estimate of drug-likeness (QED) is 0.633. The number of nitrogens with one attached hydrogen (secondary N) is 1. The van der Waals surface area contributed by atoms with E-state index in [0.717, 1.165) is 16.5 Å². The van der Waals surface area contributed by atoms with Gasteiger partial charge in [0.25, 0.3) is 5.56 Å². The Morgan fingerprint density at radius 2 is 1.91 bits per heavy atom. The van der Waals surface area contributed by atoms with Crippen LogP contribution in [0.4, 0.5) is 4.39 Å². The fourth-order valence-electron chi connectivity index (χ4n) is 2.91. The lowest BCUT2D eigenvalue weighted by Crippen LogP contribution is -2.21. The molecule has 5 nitrogen and oxygen atoms in total. The smallest absolute Gasteiger partial charge is 0.262 e. The number of benzene rings is 1. The molecule has 0 fully saturated rings. The highest BCUT2D eigenvalue weighted by Gasteiger charge is 2.13. The number of alkyl halides is 1. The van der Waals surface area contributed by atoms with Gasteiger partial charge in [0.1, 0.15) is 6.67 Å². The van der Waals surface area contributed by atoms with Gasteiger partial charge in [-0.15, -0.1) is 0 Å². The summed E-state index contributed by atoms with van der Waals surface area (Å²) in [7, 11) is 0. The Kier molecular flexibility index (Phi) is 3.15. The van der Waals surface area contributed by atoms with Crippen molar-refractivity contribution in [2.45, 2.75) is 6.54 Å². The summed E-state index contributed by atoms with van der Waals surface area (Å²) in [4.78, 5) is 16.6. The van der Waals surface area contributed by atoms with E-state index in [1.165, 1.54) is 10.8 Å². The first kappa shape index (κ1) is 13.6. The van der Waals surface area contributed by atoms with Gasteiger partial charge in [0.05, 0.1) is 29.2 Å². The molecule has 6 heteroatoms. The molecule has 0 aliphatic carbocycles. The van der Waals surface area contributed by atoms with E-state index < -0.39 is 6.67 Å². The van der Waals surface area contributed by atoms with Gasteiger partial charge in [-0.25, -0.2) is 4.39 Å². The Morgan fingerprint density at radius 3 is 2.70 bits per heavy atom. The SMILES string of the molecule is O=c1c2cn[nH]c2c2ccc(-c3ccncc3)cc2n1CCF. The van der Waals surface area contributed by atoms with E-state index in [4.69, 9.17) is 0 Å². The van der Waals surface area contributed by atoms with Gasteiger partial charge in [0.15, 0.2) is 0 Å². The number of aryl methyl sites for hydroxylation is 1. The van der Waals surface area contributed by atoms with Crippen LogP contribution < -0.4 is 5.56 Å². The third-order valence-corrected chi connectivity index (χ3v) is 3.99. The van der Waals surface area contributed by atoms with Crippen molar-refractivity contribution < 1.29 is 4.39 Å². The van der Waals surface area contributed by atoms with Gasteiger partial charge in [0, 0.05) is 17.8 Å². The normalized spacial score (nSPS) is 11.3. The molecule has 0 atom stereocenters. The number of hydrogen-bond donors (Lipinski definition) is 1. The molecule has 0 aliphatic rings. The van der Waals surface area contributed by atoms with Crippen LogP contribution in [0.3, 0.4) is 0 Å². The Morgan fingerprint density at radius 1 is 1.09 bits per heavy atom. The molecule has 0 bridgehead atoms. The minimum Gasteiger partial charge on any atom is -0.305 e. The molecule has 0 amide bonds. The summed E-state index contributed by atoms with van der Waals surface area (Å²) in [6.07, 6.45) is 4.92. The maximum absolute atomic E-state index is 12.9. The van der Waals surface area contributed by atoms with Crippen molar-refractivity contribution in [1.29, 1.82) is 0 Å². The number of halogens is 1. The lowest BCUT2D eigenvalue weighted by atomic mass is 10.0. The number of H-pyrrole nitrogens is 1. The lowest BCUT2D eigenvalue weighted by Gasteiger charge is -2.11. The van der Waals surface area contributed by atoms with Gasteiger partial charge in [-0.2, -0.15) is 5.10 Å². The maximum atomic E-state index is 12.9. The Labute approximate surface area is 130 Å². The number of aromatic nitrogens is 4. The third kappa shape index (κ3) is 2.11. The molecule has 0 saturated carbocycles. The van der Waals surface area contributed by atoms with Crippen molar-refractivity contribution >= 4 is 21.8 Å². The van der Waals surface area contributed by atoms with Crippen molar-refractivity contribution in [2.75, 3.05) is 6.67 Å². The molecule has 4 rings (SSSR count). The molecule has 0 unspecified atom stereocenters. The summed E-state index contributed by atoms with van der Waals surface area (Å²) in [6, 6.07) is 9.60. The van der Waals surface area contributed by atoms with E-state index in [1.54, 1.807) is 12.4 Å². The molecule has 3 heterocycles. The zero-order chi connectivity index (χ0) is 15.8. The van der Waals surface area contributed by atoms with Crippen molar-refractivity contribution in [2.24, 2.45) is 0 Å². The monoisotopic (exact) mass is 308 g/mol. The second-order valence-electron chi connectivity index (χ2n) is 5.27. The number of pyridine rings is 2.